The van der Waals surface area contributed by atoms with Crippen LogP contribution in [0.25, 0.3) is 0 Å². The number of hydrogen-bond donors (Lipinski definition) is 0. The normalized spacial score (nSPS) is 14.1. The van der Waals surface area contributed by atoms with Crippen LogP contribution >= 0.6 is 7.82 Å². The van der Waals surface area contributed by atoms with Gasteiger partial charge in [-0.1, -0.05) is 165 Å². The number of nitrogens with zero attached hydrogens (tertiary/aromatic N) is 1. The van der Waals surface area contributed by atoms with Crippen molar-refractivity contribution in [2.45, 2.75) is 206 Å². The van der Waals surface area contributed by atoms with Gasteiger partial charge < -0.3 is 27.9 Å². The fourth-order valence-corrected chi connectivity index (χ4v) is 7.10. The van der Waals surface area contributed by atoms with Gasteiger partial charge in [-0.3, -0.25) is 9.36 Å². The summed E-state index contributed by atoms with van der Waals surface area (Å²) in [7, 11) is 1.34. The Hall–Kier alpha value is -1.54. The fourth-order valence-electron chi connectivity index (χ4n) is 6.37. The number of carbonyl (C=O) groups is 1. The summed E-state index contributed by atoms with van der Waals surface area (Å²) in [4.78, 5) is 25.1. The first-order valence-corrected chi connectivity index (χ1v) is 25.3. The average molecular weight is 838 g/mol. The molecule has 0 amide bonds. The number of phosphoric ester groups is 1. The van der Waals surface area contributed by atoms with Crippen LogP contribution < -0.4 is 4.89 Å². The lowest BCUT2D eigenvalue weighted by atomic mass is 10.1. The van der Waals surface area contributed by atoms with Gasteiger partial charge in [0.1, 0.15) is 19.3 Å². The third-order valence-corrected chi connectivity index (χ3v) is 11.1. The molecule has 2 atom stereocenters. The van der Waals surface area contributed by atoms with Gasteiger partial charge in [0.2, 0.25) is 0 Å². The highest BCUT2D eigenvalue weighted by Gasteiger charge is 2.20. The Morgan fingerprint density at radius 3 is 1.43 bits per heavy atom. The number of hydrogen-bond acceptors (Lipinski definition) is 7. The van der Waals surface area contributed by atoms with Gasteiger partial charge in [0.15, 0.2) is 0 Å². The molecule has 58 heavy (non-hydrogen) atoms. The minimum absolute atomic E-state index is 0.0212. The molecule has 0 spiro atoms. The second-order valence-corrected chi connectivity index (χ2v) is 18.5. The Labute approximate surface area is 358 Å². The van der Waals surface area contributed by atoms with E-state index in [0.717, 1.165) is 64.2 Å². The number of carbonyl (C=O) groups excluding carboxylic acids is 1. The van der Waals surface area contributed by atoms with Crippen LogP contribution in [0.3, 0.4) is 0 Å². The number of quaternary nitrogens is 1. The molecule has 2 unspecified atom stereocenters. The molecule has 0 aliphatic carbocycles. The number of rotatable bonds is 44. The zero-order chi connectivity index (χ0) is 42.7. The van der Waals surface area contributed by atoms with Crippen LogP contribution in [0.4, 0.5) is 0 Å². The molecule has 9 heteroatoms. The third-order valence-electron chi connectivity index (χ3n) is 10.1. The van der Waals surface area contributed by atoms with Crippen molar-refractivity contribution in [3.8, 4) is 0 Å². The first kappa shape index (κ1) is 56.5. The molecule has 0 fully saturated rings. The molecule has 0 aliphatic rings. The van der Waals surface area contributed by atoms with Crippen LogP contribution in [0.5, 0.6) is 0 Å². The molecule has 0 radical (unpaired) electrons. The second kappa shape index (κ2) is 42.2. The zero-order valence-electron chi connectivity index (χ0n) is 38.5. The van der Waals surface area contributed by atoms with E-state index >= 15 is 0 Å². The molecular weight excluding hydrogens is 746 g/mol. The van der Waals surface area contributed by atoms with Crippen LogP contribution in [0.15, 0.2) is 48.6 Å². The summed E-state index contributed by atoms with van der Waals surface area (Å²) < 4.78 is 34.6. The minimum Gasteiger partial charge on any atom is -0.756 e. The molecular formula is C49H92NO7P. The van der Waals surface area contributed by atoms with E-state index in [2.05, 4.69) is 62.5 Å². The maximum atomic E-state index is 12.7. The summed E-state index contributed by atoms with van der Waals surface area (Å²) in [5.41, 5.74) is 0. The SMILES string of the molecule is CCCCCCC/C=C\C/C=C\C/C=C\CCCCCCCCCOCC(COP(=O)([O-])OCC[N+](C)(C)C)OC(=O)CCCCCCC/C=C\CCCCCCC. The molecule has 0 N–H and O–H groups in total. The van der Waals surface area contributed by atoms with E-state index in [1.165, 1.54) is 116 Å². The molecule has 0 aliphatic heterocycles. The molecule has 0 aromatic rings. The zero-order valence-corrected chi connectivity index (χ0v) is 39.4. The van der Waals surface area contributed by atoms with Crippen LogP contribution in [0.2, 0.25) is 0 Å². The monoisotopic (exact) mass is 838 g/mol. The molecule has 0 heterocycles. The predicted molar refractivity (Wildman–Crippen MR) is 245 cm³/mol. The lowest BCUT2D eigenvalue weighted by molar-refractivity contribution is -0.870. The molecule has 340 valence electrons. The summed E-state index contributed by atoms with van der Waals surface area (Å²) in [5.74, 6) is -0.347. The first-order chi connectivity index (χ1) is 28.1. The number of ether oxygens (including phenoxy) is 2. The largest absolute Gasteiger partial charge is 0.756 e. The maximum Gasteiger partial charge on any atom is 0.306 e. The molecule has 0 aromatic carbocycles. The smallest absolute Gasteiger partial charge is 0.306 e. The van der Waals surface area contributed by atoms with E-state index in [-0.39, 0.29) is 25.8 Å². The van der Waals surface area contributed by atoms with E-state index in [1.807, 2.05) is 21.1 Å². The minimum atomic E-state index is -4.53. The summed E-state index contributed by atoms with van der Waals surface area (Å²) in [6.07, 6.45) is 51.2. The number of esters is 1. The van der Waals surface area contributed by atoms with Crippen molar-refractivity contribution in [1.82, 2.24) is 0 Å². The van der Waals surface area contributed by atoms with E-state index < -0.39 is 13.9 Å². The highest BCUT2D eigenvalue weighted by molar-refractivity contribution is 7.45. The Balaban J connectivity index is 4.20. The number of likely N-dealkylation sites (N-methyl/N-ethyl adjacent to an activating group) is 1. The van der Waals surface area contributed by atoms with Gasteiger partial charge in [0, 0.05) is 13.0 Å². The molecule has 0 saturated heterocycles. The molecule has 0 bridgehead atoms. The van der Waals surface area contributed by atoms with Crippen LogP contribution in [-0.2, 0) is 27.9 Å². The van der Waals surface area contributed by atoms with Crippen molar-refractivity contribution < 1.29 is 37.3 Å². The van der Waals surface area contributed by atoms with E-state index in [1.54, 1.807) is 0 Å². The highest BCUT2D eigenvalue weighted by atomic mass is 31.2. The van der Waals surface area contributed by atoms with Gasteiger partial charge in [-0.05, 0) is 77.0 Å². The van der Waals surface area contributed by atoms with Gasteiger partial charge >= 0.3 is 5.97 Å². The Morgan fingerprint density at radius 2 is 0.948 bits per heavy atom. The van der Waals surface area contributed by atoms with Crippen molar-refractivity contribution in [3.63, 3.8) is 0 Å². The number of allylic oxidation sites excluding steroid dienone is 8. The number of unbranched alkanes of at least 4 members (excludes halogenated alkanes) is 22. The quantitative estimate of drug-likeness (QED) is 0.0198. The van der Waals surface area contributed by atoms with Crippen LogP contribution in [0, 0.1) is 0 Å². The Bertz CT molecular complexity index is 1070. The van der Waals surface area contributed by atoms with Gasteiger partial charge in [0.05, 0.1) is 34.4 Å². The van der Waals surface area contributed by atoms with E-state index in [0.29, 0.717) is 24.1 Å². The van der Waals surface area contributed by atoms with Gasteiger partial charge in [-0.25, -0.2) is 0 Å². The van der Waals surface area contributed by atoms with Gasteiger partial charge in [-0.2, -0.15) is 0 Å². The van der Waals surface area contributed by atoms with Crippen molar-refractivity contribution >= 4 is 13.8 Å². The molecule has 0 saturated carbocycles. The second-order valence-electron chi connectivity index (χ2n) is 17.1. The van der Waals surface area contributed by atoms with Crippen LogP contribution in [-0.4, -0.2) is 70.7 Å². The van der Waals surface area contributed by atoms with Crippen molar-refractivity contribution in [2.24, 2.45) is 0 Å². The summed E-state index contributed by atoms with van der Waals surface area (Å²) in [5, 5.41) is 0. The number of phosphoric acid groups is 1. The molecule has 0 rings (SSSR count). The molecule has 0 aromatic heterocycles. The predicted octanol–water partition coefficient (Wildman–Crippen LogP) is 13.7. The van der Waals surface area contributed by atoms with Gasteiger partial charge in [-0.15, -0.1) is 0 Å². The Kier molecular flexibility index (Phi) is 41.0. The lowest BCUT2D eigenvalue weighted by Gasteiger charge is -2.28. The third kappa shape index (κ3) is 45.5. The Morgan fingerprint density at radius 1 is 0.534 bits per heavy atom. The maximum absolute atomic E-state index is 12.7. The van der Waals surface area contributed by atoms with E-state index in [4.69, 9.17) is 18.5 Å². The lowest BCUT2D eigenvalue weighted by Crippen LogP contribution is -2.37. The fraction of sp³-hybridized carbons (Fsp3) is 0.816. The van der Waals surface area contributed by atoms with Crippen molar-refractivity contribution in [1.29, 1.82) is 0 Å². The van der Waals surface area contributed by atoms with Crippen molar-refractivity contribution in [3.05, 3.63) is 48.6 Å². The topological polar surface area (TPSA) is 94.1 Å². The van der Waals surface area contributed by atoms with Crippen molar-refractivity contribution in [2.75, 3.05) is 54.1 Å². The first-order valence-electron chi connectivity index (χ1n) is 23.9. The molecule has 8 nitrogen and oxygen atoms in total. The summed E-state index contributed by atoms with van der Waals surface area (Å²) in [6.45, 7) is 5.36. The summed E-state index contributed by atoms with van der Waals surface area (Å²) in [6, 6.07) is 0. The van der Waals surface area contributed by atoms with E-state index in [9.17, 15) is 14.3 Å². The van der Waals surface area contributed by atoms with Crippen LogP contribution in [0.1, 0.15) is 200 Å². The van der Waals surface area contributed by atoms with Gasteiger partial charge in [0.25, 0.3) is 7.82 Å². The average Bonchev–Trinajstić information content (AvgIpc) is 3.18. The summed E-state index contributed by atoms with van der Waals surface area (Å²) >= 11 is 0. The standard InChI is InChI=1S/C49H92NO7P/c1-6-8-10-12-14-16-18-20-22-23-24-25-26-27-28-29-31-33-35-37-39-41-44-54-46-48(47-56-58(52,53)55-45-43-50(3,4)5)57-49(51)42-40-38-36-34-32-30-21-19-17-15-13-11-9-7-2/h18-21,23-24,26-27,48H,6-17,22,25,28-47H2,1-5H3/b20-18-,21-19-,24-23-,27-26-. The highest BCUT2D eigenvalue weighted by Crippen LogP contribution is 2.38.